The largest absolute Gasteiger partial charge is 0.381 e. The highest BCUT2D eigenvalue weighted by molar-refractivity contribution is 14.0. The molecule has 1 aromatic rings. The minimum Gasteiger partial charge on any atom is -0.381 e. The van der Waals surface area contributed by atoms with Gasteiger partial charge in [-0.1, -0.05) is 44.2 Å². The summed E-state index contributed by atoms with van der Waals surface area (Å²) in [7, 11) is 0. The van der Waals surface area contributed by atoms with E-state index in [0.717, 1.165) is 58.1 Å². The molecule has 0 amide bonds. The van der Waals surface area contributed by atoms with Crippen molar-refractivity contribution in [2.24, 2.45) is 16.3 Å². The van der Waals surface area contributed by atoms with Gasteiger partial charge >= 0.3 is 0 Å². The van der Waals surface area contributed by atoms with Crippen LogP contribution in [0.3, 0.4) is 0 Å². The zero-order valence-corrected chi connectivity index (χ0v) is 22.4. The third-order valence-electron chi connectivity index (χ3n) is 7.55. The van der Waals surface area contributed by atoms with Crippen LogP contribution >= 0.6 is 24.0 Å². The van der Waals surface area contributed by atoms with E-state index in [9.17, 15) is 0 Å². The molecule has 2 aliphatic heterocycles. The third kappa shape index (κ3) is 5.42. The Bertz CT molecular complexity index is 752. The smallest absolute Gasteiger partial charge is 0.191 e. The van der Waals surface area contributed by atoms with Crippen LogP contribution in [0.1, 0.15) is 58.6 Å². The minimum atomic E-state index is -0.0516. The van der Waals surface area contributed by atoms with Gasteiger partial charge in [0.1, 0.15) is 0 Å². The van der Waals surface area contributed by atoms with Gasteiger partial charge in [-0.15, -0.1) is 24.0 Å². The van der Waals surface area contributed by atoms with Crippen LogP contribution < -0.4 is 16.0 Å². The first-order chi connectivity index (χ1) is 15.0. The van der Waals surface area contributed by atoms with Crippen molar-refractivity contribution in [2.45, 2.75) is 70.7 Å². The van der Waals surface area contributed by atoms with Crippen LogP contribution in [0.25, 0.3) is 0 Å². The number of hydrogen-bond acceptors (Lipinski definition) is 4. The molecular formula is C25H41IN4O2. The summed E-state index contributed by atoms with van der Waals surface area (Å²) in [5, 5.41) is 11.2. The van der Waals surface area contributed by atoms with Gasteiger partial charge in [-0.2, -0.15) is 0 Å². The van der Waals surface area contributed by atoms with E-state index in [2.05, 4.69) is 74.0 Å². The van der Waals surface area contributed by atoms with Gasteiger partial charge in [0.05, 0.1) is 12.6 Å². The molecule has 0 radical (unpaired) electrons. The average molecular weight is 557 g/mol. The normalized spacial score (nSPS) is 29.2. The van der Waals surface area contributed by atoms with Gasteiger partial charge in [-0.25, -0.2) is 0 Å². The summed E-state index contributed by atoms with van der Waals surface area (Å²) in [6.07, 6.45) is 3.46. The Morgan fingerprint density at radius 2 is 1.88 bits per heavy atom. The Hall–Kier alpha value is -0.900. The fourth-order valence-electron chi connectivity index (χ4n) is 5.71. The van der Waals surface area contributed by atoms with Crippen LogP contribution in [0, 0.1) is 11.3 Å². The first-order valence-corrected chi connectivity index (χ1v) is 12.0. The lowest BCUT2D eigenvalue weighted by atomic mass is 9.57. The fourth-order valence-corrected chi connectivity index (χ4v) is 5.71. The molecule has 2 heterocycles. The van der Waals surface area contributed by atoms with Gasteiger partial charge in [0, 0.05) is 55.3 Å². The highest BCUT2D eigenvalue weighted by Gasteiger charge is 2.59. The maximum absolute atomic E-state index is 5.97. The molecular weight excluding hydrogens is 515 g/mol. The second-order valence-electron chi connectivity index (χ2n) is 10.1. The van der Waals surface area contributed by atoms with E-state index in [-0.39, 0.29) is 41.0 Å². The number of rotatable bonds is 7. The zero-order valence-electron chi connectivity index (χ0n) is 20.0. The maximum Gasteiger partial charge on any atom is 0.191 e. The van der Waals surface area contributed by atoms with E-state index in [1.165, 1.54) is 5.56 Å². The van der Waals surface area contributed by atoms with Crippen molar-refractivity contribution in [3.63, 3.8) is 0 Å². The number of ether oxygens (including phenoxy) is 2. The number of fused-ring (bicyclic) bond motifs is 1. The number of guanidine groups is 1. The van der Waals surface area contributed by atoms with E-state index in [0.29, 0.717) is 18.1 Å². The van der Waals surface area contributed by atoms with Crippen molar-refractivity contribution in [2.75, 3.05) is 32.9 Å². The topological polar surface area (TPSA) is 66.9 Å². The summed E-state index contributed by atoms with van der Waals surface area (Å²) in [5.41, 5.74) is 1.39. The second-order valence-corrected chi connectivity index (χ2v) is 10.1. The van der Waals surface area contributed by atoms with Crippen LogP contribution in [0.4, 0.5) is 0 Å². The number of benzene rings is 1. The number of halogens is 1. The Morgan fingerprint density at radius 1 is 1.16 bits per heavy atom. The van der Waals surface area contributed by atoms with Gasteiger partial charge in [0.15, 0.2) is 5.96 Å². The molecule has 4 unspecified atom stereocenters. The third-order valence-corrected chi connectivity index (χ3v) is 7.55. The van der Waals surface area contributed by atoms with Crippen molar-refractivity contribution in [3.8, 4) is 0 Å². The molecule has 32 heavy (non-hydrogen) atoms. The number of nitrogens with zero attached hydrogens (tertiary/aromatic N) is 1. The Kier molecular flexibility index (Phi) is 8.85. The summed E-state index contributed by atoms with van der Waals surface area (Å²) in [6.45, 7) is 13.0. The highest BCUT2D eigenvalue weighted by Crippen LogP contribution is 2.52. The van der Waals surface area contributed by atoms with Gasteiger partial charge in [-0.3, -0.25) is 4.99 Å². The lowest BCUT2D eigenvalue weighted by molar-refractivity contribution is -0.106. The van der Waals surface area contributed by atoms with Crippen molar-refractivity contribution >= 4 is 29.9 Å². The summed E-state index contributed by atoms with van der Waals surface area (Å²) >= 11 is 0. The molecule has 0 spiro atoms. The van der Waals surface area contributed by atoms with E-state index in [4.69, 9.17) is 14.5 Å². The van der Waals surface area contributed by atoms with Crippen LogP contribution in [-0.2, 0) is 9.47 Å². The van der Waals surface area contributed by atoms with E-state index in [1.807, 2.05) is 0 Å². The van der Waals surface area contributed by atoms with E-state index in [1.54, 1.807) is 0 Å². The molecule has 1 aliphatic carbocycles. The summed E-state index contributed by atoms with van der Waals surface area (Å²) in [5.74, 6) is 1.51. The van der Waals surface area contributed by atoms with Gasteiger partial charge in [0.25, 0.3) is 0 Å². The Balaban J connectivity index is 0.00000289. The van der Waals surface area contributed by atoms with Crippen LogP contribution in [0.15, 0.2) is 35.3 Å². The number of aliphatic imine (C=N–C) groups is 1. The van der Waals surface area contributed by atoms with Gasteiger partial charge < -0.3 is 25.4 Å². The lowest BCUT2D eigenvalue weighted by Crippen LogP contribution is -2.68. The van der Waals surface area contributed by atoms with Crippen LogP contribution in [-0.4, -0.2) is 56.6 Å². The fraction of sp³-hybridized carbons (Fsp3) is 0.720. The molecule has 4 atom stereocenters. The number of nitrogens with one attached hydrogen (secondary N) is 3. The standard InChI is InChI=1S/C25H40N4O2.HI/c1-5-26-23(28-21-20-11-14-31-22(20)24(21,3)4)27-17-25(12-15-30-16-13-25)29-18(2)19-9-7-6-8-10-19;/h6-10,18,20-22,29H,5,11-17H2,1-4H3,(H2,26,27,28);1H. The molecule has 0 bridgehead atoms. The molecule has 1 saturated carbocycles. The van der Waals surface area contributed by atoms with Crippen LogP contribution in [0.5, 0.6) is 0 Å². The van der Waals surface area contributed by atoms with Crippen molar-refractivity contribution < 1.29 is 9.47 Å². The molecule has 3 N–H and O–H groups in total. The predicted octanol–water partition coefficient (Wildman–Crippen LogP) is 3.87. The predicted molar refractivity (Wildman–Crippen MR) is 141 cm³/mol. The molecule has 180 valence electrons. The quantitative estimate of drug-likeness (QED) is 0.271. The molecule has 4 rings (SSSR count). The van der Waals surface area contributed by atoms with Gasteiger partial charge in [-0.05, 0) is 38.7 Å². The molecule has 6 nitrogen and oxygen atoms in total. The number of hydrogen-bond donors (Lipinski definition) is 3. The van der Waals surface area contributed by atoms with Crippen molar-refractivity contribution in [1.82, 2.24) is 16.0 Å². The van der Waals surface area contributed by atoms with Gasteiger partial charge in [0.2, 0.25) is 0 Å². The van der Waals surface area contributed by atoms with E-state index >= 15 is 0 Å². The average Bonchev–Trinajstić information content (AvgIpc) is 3.24. The second kappa shape index (κ2) is 11.0. The molecule has 0 aromatic heterocycles. The summed E-state index contributed by atoms with van der Waals surface area (Å²) in [4.78, 5) is 5.09. The summed E-state index contributed by atoms with van der Waals surface area (Å²) < 4.78 is 11.7. The van der Waals surface area contributed by atoms with Crippen LogP contribution in [0.2, 0.25) is 0 Å². The monoisotopic (exact) mass is 556 g/mol. The molecule has 2 saturated heterocycles. The Morgan fingerprint density at radius 3 is 2.56 bits per heavy atom. The first kappa shape index (κ1) is 25.7. The van der Waals surface area contributed by atoms with Crippen molar-refractivity contribution in [3.05, 3.63) is 35.9 Å². The lowest BCUT2D eigenvalue weighted by Gasteiger charge is -2.55. The first-order valence-electron chi connectivity index (χ1n) is 12.0. The van der Waals surface area contributed by atoms with E-state index < -0.39 is 0 Å². The molecule has 3 aliphatic rings. The molecule has 1 aromatic carbocycles. The minimum absolute atomic E-state index is 0. The SMILES string of the molecule is CCNC(=NCC1(NC(C)c2ccccc2)CCOCC1)NC1C2CCOC2C1(C)C.I. The van der Waals surface area contributed by atoms with Crippen molar-refractivity contribution in [1.29, 1.82) is 0 Å². The zero-order chi connectivity index (χ0) is 21.9. The Labute approximate surface area is 210 Å². The summed E-state index contributed by atoms with van der Waals surface area (Å²) in [6, 6.07) is 11.3. The highest BCUT2D eigenvalue weighted by atomic mass is 127. The molecule has 7 heteroatoms. The molecule has 3 fully saturated rings. The maximum atomic E-state index is 5.97.